The van der Waals surface area contributed by atoms with E-state index in [1.807, 2.05) is 0 Å². The summed E-state index contributed by atoms with van der Waals surface area (Å²) >= 11 is 0. The first-order chi connectivity index (χ1) is 9.31. The number of rotatable bonds is 7. The lowest BCUT2D eigenvalue weighted by Gasteiger charge is -2.31. The van der Waals surface area contributed by atoms with Gasteiger partial charge in [0.05, 0.1) is 6.61 Å². The zero-order chi connectivity index (χ0) is 15.2. The molecule has 0 aliphatic carbocycles. The van der Waals surface area contributed by atoms with Crippen LogP contribution in [0.4, 0.5) is 0 Å². The number of hydrogen-bond donors (Lipinski definition) is 1. The molecule has 1 aromatic rings. The Morgan fingerprint density at radius 1 is 1.20 bits per heavy atom. The van der Waals surface area contributed by atoms with E-state index in [0.29, 0.717) is 6.04 Å². The molecule has 1 unspecified atom stereocenters. The quantitative estimate of drug-likeness (QED) is 0.830. The molecule has 0 saturated carbocycles. The SMILES string of the molecule is COCC(CNC(C)(C)C)N(C)Cc1ccc(C)cc1. The van der Waals surface area contributed by atoms with Crippen LogP contribution in [0.5, 0.6) is 0 Å². The van der Waals surface area contributed by atoms with Crippen molar-refractivity contribution in [2.45, 2.75) is 45.8 Å². The first-order valence-corrected chi connectivity index (χ1v) is 7.31. The molecule has 3 heteroatoms. The molecular formula is C17H30N2O. The van der Waals surface area contributed by atoms with Crippen molar-refractivity contribution in [1.29, 1.82) is 0 Å². The lowest BCUT2D eigenvalue weighted by atomic mass is 10.1. The standard InChI is InChI=1S/C17H30N2O/c1-14-7-9-15(10-8-14)12-19(5)16(13-20-6)11-18-17(2,3)4/h7-10,16,18H,11-13H2,1-6H3. The zero-order valence-electron chi connectivity index (χ0n) is 13.9. The number of aryl methyl sites for hydroxylation is 1. The summed E-state index contributed by atoms with van der Waals surface area (Å²) in [5.41, 5.74) is 2.78. The van der Waals surface area contributed by atoms with Crippen molar-refractivity contribution in [3.63, 3.8) is 0 Å². The highest BCUT2D eigenvalue weighted by Crippen LogP contribution is 2.09. The maximum Gasteiger partial charge on any atom is 0.0630 e. The number of nitrogens with zero attached hydrogens (tertiary/aromatic N) is 1. The second-order valence-corrected chi connectivity index (χ2v) is 6.64. The van der Waals surface area contributed by atoms with Crippen molar-refractivity contribution < 1.29 is 4.74 Å². The molecule has 0 heterocycles. The summed E-state index contributed by atoms with van der Waals surface area (Å²) in [7, 11) is 3.93. The van der Waals surface area contributed by atoms with E-state index in [-0.39, 0.29) is 5.54 Å². The van der Waals surface area contributed by atoms with E-state index in [9.17, 15) is 0 Å². The average molecular weight is 278 g/mol. The molecule has 0 amide bonds. The van der Waals surface area contributed by atoms with Crippen LogP contribution < -0.4 is 5.32 Å². The monoisotopic (exact) mass is 278 g/mol. The fourth-order valence-corrected chi connectivity index (χ4v) is 2.07. The van der Waals surface area contributed by atoms with Crippen molar-refractivity contribution in [2.75, 3.05) is 27.3 Å². The highest BCUT2D eigenvalue weighted by molar-refractivity contribution is 5.21. The van der Waals surface area contributed by atoms with Gasteiger partial charge in [-0.15, -0.1) is 0 Å². The maximum absolute atomic E-state index is 5.37. The van der Waals surface area contributed by atoms with E-state index < -0.39 is 0 Å². The van der Waals surface area contributed by atoms with Crippen molar-refractivity contribution in [2.24, 2.45) is 0 Å². The van der Waals surface area contributed by atoms with E-state index >= 15 is 0 Å². The van der Waals surface area contributed by atoms with Gasteiger partial charge in [-0.25, -0.2) is 0 Å². The highest BCUT2D eigenvalue weighted by Gasteiger charge is 2.18. The second kappa shape index (κ2) is 7.77. The molecule has 20 heavy (non-hydrogen) atoms. The van der Waals surface area contributed by atoms with Crippen LogP contribution in [-0.4, -0.2) is 43.8 Å². The van der Waals surface area contributed by atoms with Crippen LogP contribution in [0.2, 0.25) is 0 Å². The number of likely N-dealkylation sites (N-methyl/N-ethyl adjacent to an activating group) is 1. The van der Waals surface area contributed by atoms with Gasteiger partial charge in [0.1, 0.15) is 0 Å². The number of methoxy groups -OCH3 is 1. The number of ether oxygens (including phenoxy) is 1. The van der Waals surface area contributed by atoms with Gasteiger partial charge in [0.15, 0.2) is 0 Å². The molecule has 0 saturated heterocycles. The lowest BCUT2D eigenvalue weighted by Crippen LogP contribution is -2.48. The third kappa shape index (κ3) is 6.51. The third-order valence-electron chi connectivity index (χ3n) is 3.40. The van der Waals surface area contributed by atoms with Crippen LogP contribution in [0.15, 0.2) is 24.3 Å². The molecule has 0 spiro atoms. The van der Waals surface area contributed by atoms with Crippen molar-refractivity contribution in [1.82, 2.24) is 10.2 Å². The molecular weight excluding hydrogens is 248 g/mol. The predicted octanol–water partition coefficient (Wildman–Crippen LogP) is 2.83. The highest BCUT2D eigenvalue weighted by atomic mass is 16.5. The molecule has 3 nitrogen and oxygen atoms in total. The summed E-state index contributed by atoms with van der Waals surface area (Å²) in [6, 6.07) is 9.12. The predicted molar refractivity (Wildman–Crippen MR) is 86.1 cm³/mol. The fraction of sp³-hybridized carbons (Fsp3) is 0.647. The topological polar surface area (TPSA) is 24.5 Å². The first-order valence-electron chi connectivity index (χ1n) is 7.31. The van der Waals surface area contributed by atoms with Gasteiger partial charge in [0.25, 0.3) is 0 Å². The van der Waals surface area contributed by atoms with Crippen LogP contribution in [0.25, 0.3) is 0 Å². The Morgan fingerprint density at radius 3 is 2.30 bits per heavy atom. The Bertz CT molecular complexity index is 381. The maximum atomic E-state index is 5.37. The Morgan fingerprint density at radius 2 is 1.80 bits per heavy atom. The minimum atomic E-state index is 0.136. The van der Waals surface area contributed by atoms with E-state index in [0.717, 1.165) is 19.7 Å². The Hall–Kier alpha value is -0.900. The van der Waals surface area contributed by atoms with Crippen LogP contribution in [0.3, 0.4) is 0 Å². The van der Waals surface area contributed by atoms with Gasteiger partial charge < -0.3 is 10.1 Å². The summed E-state index contributed by atoms with van der Waals surface area (Å²) in [4.78, 5) is 2.35. The van der Waals surface area contributed by atoms with Gasteiger partial charge in [-0.2, -0.15) is 0 Å². The minimum absolute atomic E-state index is 0.136. The third-order valence-corrected chi connectivity index (χ3v) is 3.40. The van der Waals surface area contributed by atoms with E-state index in [1.54, 1.807) is 7.11 Å². The van der Waals surface area contributed by atoms with Gasteiger partial charge in [-0.3, -0.25) is 4.90 Å². The van der Waals surface area contributed by atoms with Crippen LogP contribution >= 0.6 is 0 Å². The summed E-state index contributed by atoms with van der Waals surface area (Å²) in [5.74, 6) is 0. The molecule has 0 aliphatic rings. The summed E-state index contributed by atoms with van der Waals surface area (Å²) in [6.45, 7) is 11.3. The lowest BCUT2D eigenvalue weighted by molar-refractivity contribution is 0.0972. The Labute approximate surface area is 124 Å². The van der Waals surface area contributed by atoms with E-state index in [2.05, 4.69) is 69.2 Å². The molecule has 1 N–H and O–H groups in total. The molecule has 114 valence electrons. The Kier molecular flexibility index (Phi) is 6.66. The zero-order valence-corrected chi connectivity index (χ0v) is 13.9. The largest absolute Gasteiger partial charge is 0.383 e. The smallest absolute Gasteiger partial charge is 0.0630 e. The average Bonchev–Trinajstić information content (AvgIpc) is 2.36. The van der Waals surface area contributed by atoms with Gasteiger partial charge in [0.2, 0.25) is 0 Å². The van der Waals surface area contributed by atoms with Crippen molar-refractivity contribution in [3.05, 3.63) is 35.4 Å². The summed E-state index contributed by atoms with van der Waals surface area (Å²) in [6.07, 6.45) is 0. The minimum Gasteiger partial charge on any atom is -0.383 e. The second-order valence-electron chi connectivity index (χ2n) is 6.64. The van der Waals surface area contributed by atoms with Crippen LogP contribution in [0.1, 0.15) is 31.9 Å². The van der Waals surface area contributed by atoms with Crippen LogP contribution in [0, 0.1) is 6.92 Å². The first kappa shape index (κ1) is 17.2. The van der Waals surface area contributed by atoms with Crippen LogP contribution in [-0.2, 0) is 11.3 Å². The molecule has 1 aromatic carbocycles. The number of hydrogen-bond acceptors (Lipinski definition) is 3. The molecule has 0 radical (unpaired) electrons. The summed E-state index contributed by atoms with van der Waals surface area (Å²) < 4.78 is 5.37. The van der Waals surface area contributed by atoms with Gasteiger partial charge in [-0.1, -0.05) is 29.8 Å². The molecule has 0 aliphatic heterocycles. The number of nitrogens with one attached hydrogen (secondary N) is 1. The summed E-state index contributed by atoms with van der Waals surface area (Å²) in [5, 5.41) is 3.56. The molecule has 1 atom stereocenters. The fourth-order valence-electron chi connectivity index (χ4n) is 2.07. The van der Waals surface area contributed by atoms with Gasteiger partial charge >= 0.3 is 0 Å². The van der Waals surface area contributed by atoms with E-state index in [1.165, 1.54) is 11.1 Å². The Balaban J connectivity index is 2.58. The van der Waals surface area contributed by atoms with Gasteiger partial charge in [-0.05, 0) is 40.3 Å². The van der Waals surface area contributed by atoms with Crippen molar-refractivity contribution >= 4 is 0 Å². The molecule has 0 aromatic heterocycles. The number of benzene rings is 1. The molecule has 0 fully saturated rings. The van der Waals surface area contributed by atoms with E-state index in [4.69, 9.17) is 4.74 Å². The molecule has 1 rings (SSSR count). The normalized spacial score (nSPS) is 13.8. The van der Waals surface area contributed by atoms with Gasteiger partial charge in [0, 0.05) is 31.8 Å². The molecule has 0 bridgehead atoms. The van der Waals surface area contributed by atoms with Crippen molar-refractivity contribution in [3.8, 4) is 0 Å².